The van der Waals surface area contributed by atoms with E-state index in [9.17, 15) is 4.79 Å². The normalized spacial score (nSPS) is 13.4. The second-order valence-corrected chi connectivity index (χ2v) is 2.75. The van der Waals surface area contributed by atoms with Crippen molar-refractivity contribution in [1.29, 1.82) is 0 Å². The molecule has 1 aliphatic heterocycles. The van der Waals surface area contributed by atoms with Crippen LogP contribution in [0.15, 0.2) is 18.2 Å². The molecule has 13 heavy (non-hydrogen) atoms. The molecule has 4 heteroatoms. The summed E-state index contributed by atoms with van der Waals surface area (Å²) in [5.41, 5.74) is 2.89. The number of nitrogens with one attached hydrogen (secondary N) is 2. The van der Waals surface area contributed by atoms with E-state index in [1.54, 1.807) is 0 Å². The van der Waals surface area contributed by atoms with Crippen LogP contribution in [0.25, 0.3) is 0 Å². The molecule has 1 heterocycles. The largest absolute Gasteiger partial charge is 1.00 e. The Morgan fingerprint density at radius 2 is 2.15 bits per heavy atom. The van der Waals surface area contributed by atoms with E-state index in [2.05, 4.69) is 17.6 Å². The SMILES string of the molecule is [CH2-]c1cccc2c1CNC(=O)N2.[Rb+]. The van der Waals surface area contributed by atoms with Gasteiger partial charge in [0.05, 0.1) is 0 Å². The van der Waals surface area contributed by atoms with Gasteiger partial charge in [-0.1, -0.05) is 6.07 Å². The average Bonchev–Trinajstić information content (AvgIpc) is 2.04. The molecule has 0 atom stereocenters. The first-order chi connectivity index (χ1) is 5.77. The molecule has 3 nitrogen and oxygen atoms in total. The summed E-state index contributed by atoms with van der Waals surface area (Å²) in [6, 6.07) is 5.54. The molecule has 1 aromatic rings. The zero-order valence-electron chi connectivity index (χ0n) is 7.55. The number of carbonyl (C=O) groups is 1. The molecule has 1 aromatic carbocycles. The Labute approximate surface area is 126 Å². The van der Waals surface area contributed by atoms with Gasteiger partial charge in [0.25, 0.3) is 0 Å². The van der Waals surface area contributed by atoms with E-state index < -0.39 is 0 Å². The predicted molar refractivity (Wildman–Crippen MR) is 46.8 cm³/mol. The van der Waals surface area contributed by atoms with Crippen molar-refractivity contribution in [1.82, 2.24) is 5.32 Å². The van der Waals surface area contributed by atoms with Gasteiger partial charge in [-0.2, -0.15) is 18.6 Å². The van der Waals surface area contributed by atoms with Gasteiger partial charge in [-0.05, 0) is 5.69 Å². The summed E-state index contributed by atoms with van der Waals surface area (Å²) in [6.45, 7) is 4.44. The van der Waals surface area contributed by atoms with Gasteiger partial charge in [-0.15, -0.1) is 11.6 Å². The summed E-state index contributed by atoms with van der Waals surface area (Å²) >= 11 is 0. The predicted octanol–water partition coefficient (Wildman–Crippen LogP) is -1.49. The maximum atomic E-state index is 10.9. The van der Waals surface area contributed by atoms with Crippen molar-refractivity contribution < 1.29 is 63.0 Å². The summed E-state index contributed by atoms with van der Waals surface area (Å²) < 4.78 is 0. The van der Waals surface area contributed by atoms with Crippen LogP contribution in [-0.2, 0) is 6.54 Å². The second kappa shape index (κ2) is 4.60. The van der Waals surface area contributed by atoms with Crippen LogP contribution in [0.2, 0.25) is 0 Å². The number of rotatable bonds is 0. The molecule has 0 unspecified atom stereocenters. The summed E-state index contributed by atoms with van der Waals surface area (Å²) in [7, 11) is 0. The fraction of sp³-hybridized carbons (Fsp3) is 0.111. The van der Waals surface area contributed by atoms with Crippen molar-refractivity contribution in [3.8, 4) is 0 Å². The fourth-order valence-electron chi connectivity index (χ4n) is 1.30. The minimum absolute atomic E-state index is 0. The number of hydrogen-bond acceptors (Lipinski definition) is 1. The number of fused-ring (bicyclic) bond motifs is 1. The molecule has 0 saturated carbocycles. The van der Waals surface area contributed by atoms with Gasteiger partial charge in [0, 0.05) is 6.54 Å². The van der Waals surface area contributed by atoms with E-state index in [-0.39, 0.29) is 64.2 Å². The van der Waals surface area contributed by atoms with Crippen LogP contribution >= 0.6 is 0 Å². The van der Waals surface area contributed by atoms with Crippen molar-refractivity contribution in [2.75, 3.05) is 5.32 Å². The maximum absolute atomic E-state index is 10.9. The number of carbonyl (C=O) groups excluding carboxylic acids is 1. The fourth-order valence-corrected chi connectivity index (χ4v) is 1.30. The van der Waals surface area contributed by atoms with E-state index >= 15 is 0 Å². The standard InChI is InChI=1S/C9H9N2O.Rb/c1-6-3-2-4-8-7(6)5-10-9(12)11-8;/h2-4H,1,5H2,(H2,10,11,12);/q-1;+1. The molecule has 2 rings (SSSR count). The molecule has 0 aromatic heterocycles. The van der Waals surface area contributed by atoms with E-state index in [0.717, 1.165) is 16.8 Å². The van der Waals surface area contributed by atoms with Gasteiger partial charge in [0.15, 0.2) is 0 Å². The first-order valence-electron chi connectivity index (χ1n) is 3.76. The summed E-state index contributed by atoms with van der Waals surface area (Å²) in [4.78, 5) is 10.9. The monoisotopic (exact) mass is 246 g/mol. The summed E-state index contributed by atoms with van der Waals surface area (Å²) in [6.07, 6.45) is 0. The summed E-state index contributed by atoms with van der Waals surface area (Å²) in [5.74, 6) is 0. The van der Waals surface area contributed by atoms with Crippen molar-refractivity contribution in [2.24, 2.45) is 0 Å². The molecule has 0 spiro atoms. The molecule has 0 aliphatic carbocycles. The Bertz CT molecular complexity index is 338. The van der Waals surface area contributed by atoms with Crippen LogP contribution in [-0.4, -0.2) is 6.03 Å². The van der Waals surface area contributed by atoms with Gasteiger partial charge in [0.1, 0.15) is 0 Å². The minimum atomic E-state index is -0.145. The third-order valence-corrected chi connectivity index (χ3v) is 1.95. The third-order valence-electron chi connectivity index (χ3n) is 1.95. The van der Waals surface area contributed by atoms with Crippen LogP contribution in [0.1, 0.15) is 11.1 Å². The van der Waals surface area contributed by atoms with E-state index in [4.69, 9.17) is 0 Å². The molecule has 0 fully saturated rings. The first kappa shape index (κ1) is 11.2. The number of amides is 2. The zero-order chi connectivity index (χ0) is 8.55. The number of hydrogen-bond donors (Lipinski definition) is 2. The van der Waals surface area contributed by atoms with Gasteiger partial charge in [0.2, 0.25) is 0 Å². The van der Waals surface area contributed by atoms with Crippen molar-refractivity contribution >= 4 is 11.7 Å². The zero-order valence-corrected chi connectivity index (χ0v) is 12.5. The van der Waals surface area contributed by atoms with E-state index in [1.807, 2.05) is 18.2 Å². The van der Waals surface area contributed by atoms with Gasteiger partial charge >= 0.3 is 64.2 Å². The van der Waals surface area contributed by atoms with E-state index in [0.29, 0.717) is 6.54 Å². The second-order valence-electron chi connectivity index (χ2n) is 2.75. The van der Waals surface area contributed by atoms with Crippen molar-refractivity contribution in [3.63, 3.8) is 0 Å². The molecular formula is C9H9N2ORb. The topological polar surface area (TPSA) is 41.1 Å². The molecule has 2 N–H and O–H groups in total. The van der Waals surface area contributed by atoms with Gasteiger partial charge in [-0.3, -0.25) is 0 Å². The van der Waals surface area contributed by atoms with Crippen LogP contribution < -0.4 is 68.8 Å². The molecule has 62 valence electrons. The Hall–Kier alpha value is 0.165. The quantitative estimate of drug-likeness (QED) is 0.538. The average molecular weight is 247 g/mol. The third kappa shape index (κ3) is 2.34. The Morgan fingerprint density at radius 1 is 1.38 bits per heavy atom. The minimum Gasteiger partial charge on any atom is -0.345 e. The number of benzene rings is 1. The Morgan fingerprint density at radius 3 is 2.92 bits per heavy atom. The number of urea groups is 1. The molecule has 0 bridgehead atoms. The van der Waals surface area contributed by atoms with Crippen LogP contribution in [0.4, 0.5) is 10.5 Å². The Kier molecular flexibility index (Phi) is 3.97. The van der Waals surface area contributed by atoms with Crippen LogP contribution in [0, 0.1) is 6.92 Å². The van der Waals surface area contributed by atoms with Crippen molar-refractivity contribution in [3.05, 3.63) is 36.2 Å². The molecule has 0 radical (unpaired) electrons. The number of anilines is 1. The molecule has 1 aliphatic rings. The first-order valence-corrected chi connectivity index (χ1v) is 3.76. The Balaban J connectivity index is 0.000000845. The smallest absolute Gasteiger partial charge is 0.345 e. The molecular weight excluding hydrogens is 238 g/mol. The van der Waals surface area contributed by atoms with Crippen molar-refractivity contribution in [2.45, 2.75) is 6.54 Å². The molecule has 2 amide bonds. The molecule has 0 saturated heterocycles. The van der Waals surface area contributed by atoms with Crippen LogP contribution in [0.3, 0.4) is 0 Å². The van der Waals surface area contributed by atoms with E-state index in [1.165, 1.54) is 0 Å². The summed E-state index contributed by atoms with van der Waals surface area (Å²) in [5, 5.41) is 5.40. The maximum Gasteiger partial charge on any atom is 1.00 e. The van der Waals surface area contributed by atoms with Crippen LogP contribution in [0.5, 0.6) is 0 Å². The van der Waals surface area contributed by atoms with Gasteiger partial charge in [-0.25, -0.2) is 4.79 Å². The van der Waals surface area contributed by atoms with Gasteiger partial charge < -0.3 is 10.6 Å².